The fraction of sp³-hybridized carbons (Fsp3) is 0.714. The van der Waals surface area contributed by atoms with Crippen LogP contribution in [0.2, 0.25) is 0 Å². The Morgan fingerprint density at radius 1 is 1.42 bits per heavy atom. The van der Waals surface area contributed by atoms with Gasteiger partial charge in [-0.25, -0.2) is 4.79 Å². The number of allylic oxidation sites excluding steroid dienone is 2. The molecule has 2 aliphatic rings. The van der Waals surface area contributed by atoms with E-state index in [1.165, 1.54) is 4.90 Å². The zero-order chi connectivity index (χ0) is 13.8. The highest BCUT2D eigenvalue weighted by Gasteiger charge is 2.43. The Bertz CT molecular complexity index is 402. The first kappa shape index (κ1) is 13.9. The summed E-state index contributed by atoms with van der Waals surface area (Å²) in [6.45, 7) is 0.0215. The number of likely N-dealkylation sites (tertiary alicyclic amines) is 1. The second kappa shape index (κ2) is 6.07. The molecule has 4 atom stereocenters. The third-order valence-electron chi connectivity index (χ3n) is 4.45. The van der Waals surface area contributed by atoms with Gasteiger partial charge in [0.2, 0.25) is 0 Å². The highest BCUT2D eigenvalue weighted by molar-refractivity contribution is 5.74. The number of nitrogens with zero attached hydrogens (tertiary/aromatic N) is 2. The Labute approximate surface area is 113 Å². The summed E-state index contributed by atoms with van der Waals surface area (Å²) >= 11 is 0. The molecule has 1 aliphatic carbocycles. The lowest BCUT2D eigenvalue weighted by molar-refractivity contribution is -0.141. The lowest BCUT2D eigenvalue weighted by Gasteiger charge is -2.34. The summed E-state index contributed by atoms with van der Waals surface area (Å²) in [6, 6.07) is -0.851. The minimum absolute atomic E-state index is 0.00560. The molecule has 5 nitrogen and oxygen atoms in total. The van der Waals surface area contributed by atoms with Crippen molar-refractivity contribution >= 4 is 5.97 Å². The van der Waals surface area contributed by atoms with Gasteiger partial charge in [0, 0.05) is 18.6 Å². The molecule has 1 saturated heterocycles. The Hall–Kier alpha value is -1.54. The number of carboxylic acid groups (broad SMARTS) is 1. The molecular formula is C14H20N2O3. The summed E-state index contributed by atoms with van der Waals surface area (Å²) in [4.78, 5) is 12.5. The predicted octanol–water partition coefficient (Wildman–Crippen LogP) is 1.35. The number of carbonyl (C=O) groups is 1. The smallest absolute Gasteiger partial charge is 0.327 e. The minimum atomic E-state index is -0.940. The van der Waals surface area contributed by atoms with Gasteiger partial charge in [0.15, 0.2) is 6.19 Å². The molecule has 2 N–H and O–H groups in total. The van der Waals surface area contributed by atoms with Gasteiger partial charge in [-0.1, -0.05) is 12.2 Å². The summed E-state index contributed by atoms with van der Waals surface area (Å²) in [7, 11) is 0. The topological polar surface area (TPSA) is 84.6 Å². The average molecular weight is 264 g/mol. The van der Waals surface area contributed by atoms with Crippen molar-refractivity contribution in [1.82, 2.24) is 4.90 Å². The minimum Gasteiger partial charge on any atom is -0.480 e. The fourth-order valence-electron chi connectivity index (χ4n) is 3.44. The Kier molecular flexibility index (Phi) is 4.43. The van der Waals surface area contributed by atoms with Crippen molar-refractivity contribution in [2.45, 2.75) is 44.2 Å². The Balaban J connectivity index is 2.12. The zero-order valence-electron chi connectivity index (χ0n) is 10.9. The van der Waals surface area contributed by atoms with Crippen LogP contribution in [0.15, 0.2) is 12.2 Å². The summed E-state index contributed by atoms with van der Waals surface area (Å²) < 4.78 is 0. The van der Waals surface area contributed by atoms with Crippen molar-refractivity contribution in [2.24, 2.45) is 11.8 Å². The van der Waals surface area contributed by atoms with Gasteiger partial charge in [0.25, 0.3) is 0 Å². The van der Waals surface area contributed by atoms with Gasteiger partial charge in [-0.3, -0.25) is 4.90 Å². The van der Waals surface area contributed by atoms with Gasteiger partial charge >= 0.3 is 5.97 Å². The molecule has 0 aromatic heterocycles. The summed E-state index contributed by atoms with van der Waals surface area (Å²) in [6.07, 6.45) is 10.4. The van der Waals surface area contributed by atoms with E-state index in [4.69, 9.17) is 5.11 Å². The van der Waals surface area contributed by atoms with Gasteiger partial charge in [-0.05, 0) is 38.0 Å². The molecule has 1 heterocycles. The van der Waals surface area contributed by atoms with Crippen molar-refractivity contribution < 1.29 is 15.0 Å². The molecule has 0 bridgehead atoms. The maximum atomic E-state index is 11.1. The van der Waals surface area contributed by atoms with Crippen LogP contribution in [0.3, 0.4) is 0 Å². The van der Waals surface area contributed by atoms with Crippen LogP contribution in [-0.2, 0) is 4.79 Å². The number of aliphatic hydroxyl groups is 1. The number of aliphatic hydroxyl groups excluding tert-OH is 1. The monoisotopic (exact) mass is 264 g/mol. The highest BCUT2D eigenvalue weighted by Crippen LogP contribution is 2.36. The number of aliphatic carboxylic acids is 1. The molecule has 104 valence electrons. The number of rotatable bonds is 4. The van der Waals surface area contributed by atoms with Gasteiger partial charge in [0.05, 0.1) is 0 Å². The second-order valence-corrected chi connectivity index (χ2v) is 5.40. The summed E-state index contributed by atoms with van der Waals surface area (Å²) in [5, 5.41) is 28.0. The molecule has 5 heteroatoms. The molecular weight excluding hydrogens is 244 g/mol. The van der Waals surface area contributed by atoms with Crippen molar-refractivity contribution in [3.05, 3.63) is 12.2 Å². The van der Waals surface area contributed by atoms with Crippen LogP contribution in [0.5, 0.6) is 0 Å². The van der Waals surface area contributed by atoms with E-state index in [2.05, 4.69) is 12.2 Å². The predicted molar refractivity (Wildman–Crippen MR) is 69.0 cm³/mol. The molecule has 1 fully saturated rings. The molecule has 1 aliphatic heterocycles. The van der Waals surface area contributed by atoms with E-state index in [-0.39, 0.29) is 18.6 Å². The largest absolute Gasteiger partial charge is 0.480 e. The number of hydrogen-bond donors (Lipinski definition) is 2. The average Bonchev–Trinajstić information content (AvgIpc) is 2.85. The van der Waals surface area contributed by atoms with Crippen molar-refractivity contribution in [1.29, 1.82) is 5.26 Å². The van der Waals surface area contributed by atoms with E-state index < -0.39 is 12.0 Å². The number of carboxylic acids is 1. The van der Waals surface area contributed by atoms with E-state index >= 15 is 0 Å². The first-order valence-electron chi connectivity index (χ1n) is 6.85. The van der Waals surface area contributed by atoms with Crippen LogP contribution in [-0.4, -0.2) is 39.8 Å². The first-order chi connectivity index (χ1) is 9.19. The highest BCUT2D eigenvalue weighted by atomic mass is 16.4. The molecule has 0 spiro atoms. The van der Waals surface area contributed by atoms with Crippen molar-refractivity contribution in [3.63, 3.8) is 0 Å². The van der Waals surface area contributed by atoms with Crippen LogP contribution in [0, 0.1) is 23.3 Å². The van der Waals surface area contributed by atoms with Gasteiger partial charge in [-0.15, -0.1) is 0 Å². The zero-order valence-corrected chi connectivity index (χ0v) is 10.9. The molecule has 0 radical (unpaired) electrons. The number of hydrogen-bond acceptors (Lipinski definition) is 4. The molecule has 2 rings (SSSR count). The summed E-state index contributed by atoms with van der Waals surface area (Å²) in [5.74, 6) is -0.596. The molecule has 4 unspecified atom stereocenters. The van der Waals surface area contributed by atoms with E-state index in [1.807, 2.05) is 6.19 Å². The maximum Gasteiger partial charge on any atom is 0.327 e. The first-order valence-corrected chi connectivity index (χ1v) is 6.85. The van der Waals surface area contributed by atoms with E-state index in [0.717, 1.165) is 19.3 Å². The maximum absolute atomic E-state index is 11.1. The van der Waals surface area contributed by atoms with Crippen LogP contribution in [0.4, 0.5) is 0 Å². The fourth-order valence-corrected chi connectivity index (χ4v) is 3.44. The molecule has 19 heavy (non-hydrogen) atoms. The quantitative estimate of drug-likeness (QED) is 0.591. The number of nitriles is 1. The van der Waals surface area contributed by atoms with Crippen LogP contribution >= 0.6 is 0 Å². The van der Waals surface area contributed by atoms with E-state index in [0.29, 0.717) is 18.8 Å². The molecule has 0 aromatic rings. The lowest BCUT2D eigenvalue weighted by Crippen LogP contribution is -2.44. The molecule has 0 saturated carbocycles. The lowest BCUT2D eigenvalue weighted by atomic mass is 9.78. The summed E-state index contributed by atoms with van der Waals surface area (Å²) in [5.41, 5.74) is 0. The second-order valence-electron chi connectivity index (χ2n) is 5.40. The standard InChI is InChI=1S/C14H20N2O3/c15-9-16-12(6-7-13(16)14(18)19)11(8-17)10-4-2-1-3-5-10/h1-2,10-13,17H,3-8H2,(H,18,19). The Morgan fingerprint density at radius 2 is 2.21 bits per heavy atom. The van der Waals surface area contributed by atoms with Gasteiger partial charge in [0.1, 0.15) is 6.04 Å². The Morgan fingerprint density at radius 3 is 2.74 bits per heavy atom. The van der Waals surface area contributed by atoms with E-state index in [9.17, 15) is 15.2 Å². The van der Waals surface area contributed by atoms with E-state index in [1.54, 1.807) is 0 Å². The van der Waals surface area contributed by atoms with Crippen molar-refractivity contribution in [2.75, 3.05) is 6.61 Å². The van der Waals surface area contributed by atoms with Crippen LogP contribution in [0.25, 0.3) is 0 Å². The normalized spacial score (nSPS) is 32.0. The van der Waals surface area contributed by atoms with Crippen molar-refractivity contribution in [3.8, 4) is 6.19 Å². The van der Waals surface area contributed by atoms with Crippen LogP contribution < -0.4 is 0 Å². The third kappa shape index (κ3) is 2.74. The van der Waals surface area contributed by atoms with Gasteiger partial charge < -0.3 is 10.2 Å². The molecule has 0 amide bonds. The van der Waals surface area contributed by atoms with Gasteiger partial charge in [-0.2, -0.15) is 5.26 Å². The SMILES string of the molecule is N#CN1C(C(=O)O)CCC1C(CO)C1CC=CCC1. The van der Waals surface area contributed by atoms with Crippen LogP contribution in [0.1, 0.15) is 32.1 Å². The molecule has 0 aromatic carbocycles. The third-order valence-corrected chi connectivity index (χ3v) is 4.45.